The highest BCUT2D eigenvalue weighted by molar-refractivity contribution is 5.93. The van der Waals surface area contributed by atoms with Gasteiger partial charge in [0.25, 0.3) is 0 Å². The lowest BCUT2D eigenvalue weighted by Gasteiger charge is -2.03. The van der Waals surface area contributed by atoms with Crippen molar-refractivity contribution < 1.29 is 4.52 Å². The Bertz CT molecular complexity index is 754. The summed E-state index contributed by atoms with van der Waals surface area (Å²) >= 11 is 0. The van der Waals surface area contributed by atoms with Gasteiger partial charge < -0.3 is 10.3 Å². The Kier molecular flexibility index (Phi) is 2.97. The summed E-state index contributed by atoms with van der Waals surface area (Å²) in [5.41, 5.74) is 9.52. The lowest BCUT2D eigenvalue weighted by atomic mass is 10.0. The Labute approximate surface area is 117 Å². The van der Waals surface area contributed by atoms with Crippen LogP contribution in [-0.2, 0) is 13.5 Å². The minimum Gasteiger partial charge on any atom is -0.367 e. The first-order valence-electron chi connectivity index (χ1n) is 6.74. The number of nitrogen functional groups attached to an aromatic ring is 1. The fourth-order valence-electron chi connectivity index (χ4n) is 2.50. The minimum absolute atomic E-state index is 0.392. The highest BCUT2D eigenvalue weighted by atomic mass is 16.5. The van der Waals surface area contributed by atoms with Crippen molar-refractivity contribution in [3.63, 3.8) is 0 Å². The van der Waals surface area contributed by atoms with Crippen LogP contribution in [0.3, 0.4) is 0 Å². The fraction of sp³-hybridized carbons (Fsp3) is 0.333. The van der Waals surface area contributed by atoms with E-state index in [4.69, 9.17) is 10.3 Å². The third-order valence-corrected chi connectivity index (χ3v) is 3.41. The molecule has 0 aliphatic rings. The van der Waals surface area contributed by atoms with E-state index in [1.807, 2.05) is 36.0 Å². The Morgan fingerprint density at radius 3 is 2.75 bits per heavy atom. The van der Waals surface area contributed by atoms with Gasteiger partial charge in [0.15, 0.2) is 0 Å². The molecule has 0 unspecified atom stereocenters. The van der Waals surface area contributed by atoms with Gasteiger partial charge in [0.05, 0.1) is 5.52 Å². The number of anilines is 1. The average molecular weight is 270 g/mol. The molecule has 0 saturated carbocycles. The summed E-state index contributed by atoms with van der Waals surface area (Å²) in [6, 6.07) is 8.08. The van der Waals surface area contributed by atoms with Crippen LogP contribution in [0.15, 0.2) is 28.8 Å². The van der Waals surface area contributed by atoms with Crippen molar-refractivity contribution in [2.75, 3.05) is 5.73 Å². The van der Waals surface area contributed by atoms with Gasteiger partial charge >= 0.3 is 0 Å². The molecular weight excluding hydrogens is 252 g/mol. The number of hydrogen-bond donors (Lipinski definition) is 1. The van der Waals surface area contributed by atoms with Crippen LogP contribution < -0.4 is 5.73 Å². The maximum absolute atomic E-state index is 5.91. The number of rotatable bonds is 3. The van der Waals surface area contributed by atoms with E-state index in [1.54, 1.807) is 0 Å². The summed E-state index contributed by atoms with van der Waals surface area (Å²) in [7, 11) is 1.93. The third kappa shape index (κ3) is 1.95. The fourth-order valence-corrected chi connectivity index (χ4v) is 2.50. The van der Waals surface area contributed by atoms with Gasteiger partial charge in [-0.15, -0.1) is 0 Å². The first-order valence-corrected chi connectivity index (χ1v) is 6.74. The van der Waals surface area contributed by atoms with Crippen molar-refractivity contribution in [1.29, 1.82) is 0 Å². The summed E-state index contributed by atoms with van der Waals surface area (Å²) < 4.78 is 7.04. The molecule has 20 heavy (non-hydrogen) atoms. The smallest absolute Gasteiger partial charge is 0.225 e. The van der Waals surface area contributed by atoms with E-state index in [2.05, 4.69) is 24.1 Å². The standard InChI is InChI=1S/C15H18N4O/c1-9(2)8-11-14(18-20-15(11)16)13-10-6-4-5-7-12(10)19(3)17-13/h4-7,9H,8,16H2,1-3H3. The van der Waals surface area contributed by atoms with Crippen LogP contribution in [0, 0.1) is 5.92 Å². The molecule has 0 radical (unpaired) electrons. The lowest BCUT2D eigenvalue weighted by Crippen LogP contribution is -1.99. The van der Waals surface area contributed by atoms with Gasteiger partial charge in [-0.05, 0) is 18.4 Å². The lowest BCUT2D eigenvalue weighted by molar-refractivity contribution is 0.437. The molecule has 0 atom stereocenters. The molecule has 2 N–H and O–H groups in total. The van der Waals surface area contributed by atoms with Gasteiger partial charge in [-0.2, -0.15) is 5.10 Å². The molecule has 1 aromatic carbocycles. The number of nitrogens with zero attached hydrogens (tertiary/aromatic N) is 3. The third-order valence-electron chi connectivity index (χ3n) is 3.41. The minimum atomic E-state index is 0.392. The van der Waals surface area contributed by atoms with Gasteiger partial charge in [-0.1, -0.05) is 37.2 Å². The van der Waals surface area contributed by atoms with Crippen LogP contribution in [0.4, 0.5) is 5.88 Å². The predicted molar refractivity (Wildman–Crippen MR) is 79.2 cm³/mol. The first kappa shape index (κ1) is 12.7. The van der Waals surface area contributed by atoms with Crippen molar-refractivity contribution >= 4 is 16.8 Å². The molecule has 0 saturated heterocycles. The summed E-state index contributed by atoms with van der Waals surface area (Å²) in [6.07, 6.45) is 0.829. The number of aryl methyl sites for hydroxylation is 1. The number of benzene rings is 1. The van der Waals surface area contributed by atoms with Gasteiger partial charge in [-0.3, -0.25) is 4.68 Å². The van der Waals surface area contributed by atoms with Gasteiger partial charge in [0, 0.05) is 18.0 Å². The Morgan fingerprint density at radius 2 is 2.00 bits per heavy atom. The largest absolute Gasteiger partial charge is 0.367 e. The second kappa shape index (κ2) is 4.67. The van der Waals surface area contributed by atoms with Crippen LogP contribution in [0.5, 0.6) is 0 Å². The van der Waals surface area contributed by atoms with Crippen molar-refractivity contribution in [1.82, 2.24) is 14.9 Å². The van der Waals surface area contributed by atoms with Gasteiger partial charge in [0.1, 0.15) is 11.4 Å². The highest BCUT2D eigenvalue weighted by Crippen LogP contribution is 2.32. The molecule has 3 rings (SSSR count). The zero-order valence-corrected chi connectivity index (χ0v) is 11.9. The molecule has 2 aromatic heterocycles. The molecule has 0 spiro atoms. The second-order valence-corrected chi connectivity index (χ2v) is 5.46. The van der Waals surface area contributed by atoms with Crippen molar-refractivity contribution in [3.8, 4) is 11.4 Å². The Hall–Kier alpha value is -2.30. The van der Waals surface area contributed by atoms with Crippen LogP contribution in [0.2, 0.25) is 0 Å². The number of aromatic nitrogens is 3. The monoisotopic (exact) mass is 270 g/mol. The molecule has 3 aromatic rings. The molecule has 0 bridgehead atoms. The summed E-state index contributed by atoms with van der Waals surface area (Å²) in [6.45, 7) is 4.29. The highest BCUT2D eigenvalue weighted by Gasteiger charge is 2.21. The molecule has 2 heterocycles. The molecule has 5 heteroatoms. The van der Waals surface area contributed by atoms with Gasteiger partial charge in [-0.25, -0.2) is 0 Å². The van der Waals surface area contributed by atoms with Crippen molar-refractivity contribution in [2.45, 2.75) is 20.3 Å². The molecule has 0 aliphatic carbocycles. The van der Waals surface area contributed by atoms with E-state index in [0.29, 0.717) is 11.8 Å². The number of hydrogen-bond acceptors (Lipinski definition) is 4. The molecule has 0 amide bonds. The van der Waals surface area contributed by atoms with Crippen LogP contribution in [0.1, 0.15) is 19.4 Å². The van der Waals surface area contributed by atoms with E-state index >= 15 is 0 Å². The van der Waals surface area contributed by atoms with Crippen LogP contribution in [-0.4, -0.2) is 14.9 Å². The van der Waals surface area contributed by atoms with E-state index in [9.17, 15) is 0 Å². The normalized spacial score (nSPS) is 11.6. The second-order valence-electron chi connectivity index (χ2n) is 5.46. The first-order chi connectivity index (χ1) is 9.58. The van der Waals surface area contributed by atoms with E-state index in [0.717, 1.165) is 34.3 Å². The molecule has 104 valence electrons. The predicted octanol–water partition coefficient (Wildman–Crippen LogP) is 3.01. The van der Waals surface area contributed by atoms with E-state index < -0.39 is 0 Å². The molecule has 0 fully saturated rings. The quantitative estimate of drug-likeness (QED) is 0.794. The Balaban J connectivity index is 2.21. The van der Waals surface area contributed by atoms with Crippen molar-refractivity contribution in [2.24, 2.45) is 13.0 Å². The topological polar surface area (TPSA) is 69.9 Å². The average Bonchev–Trinajstić information content (AvgIpc) is 2.92. The molecule has 5 nitrogen and oxygen atoms in total. The SMILES string of the molecule is CC(C)Cc1c(-c2nn(C)c3ccccc23)noc1N. The van der Waals surface area contributed by atoms with E-state index in [-0.39, 0.29) is 0 Å². The van der Waals surface area contributed by atoms with Gasteiger partial charge in [0.2, 0.25) is 5.88 Å². The Morgan fingerprint density at radius 1 is 1.25 bits per heavy atom. The maximum Gasteiger partial charge on any atom is 0.225 e. The number of fused-ring (bicyclic) bond motifs is 1. The molecule has 0 aliphatic heterocycles. The van der Waals surface area contributed by atoms with E-state index in [1.165, 1.54) is 0 Å². The van der Waals surface area contributed by atoms with Crippen LogP contribution in [0.25, 0.3) is 22.3 Å². The molecular formula is C15H18N4O. The summed E-state index contributed by atoms with van der Waals surface area (Å²) in [5.74, 6) is 0.869. The number of nitrogens with two attached hydrogens (primary N) is 1. The number of para-hydroxylation sites is 1. The summed E-state index contributed by atoms with van der Waals surface area (Å²) in [4.78, 5) is 0. The zero-order valence-electron chi connectivity index (χ0n) is 11.9. The van der Waals surface area contributed by atoms with Crippen LogP contribution >= 0.6 is 0 Å². The summed E-state index contributed by atoms with van der Waals surface area (Å²) in [5, 5.41) is 9.77. The maximum atomic E-state index is 5.91. The zero-order chi connectivity index (χ0) is 14.3. The van der Waals surface area contributed by atoms with Crippen molar-refractivity contribution in [3.05, 3.63) is 29.8 Å².